The van der Waals surface area contributed by atoms with Gasteiger partial charge >= 0.3 is 0 Å². The van der Waals surface area contributed by atoms with Gasteiger partial charge in [-0.25, -0.2) is 0 Å². The summed E-state index contributed by atoms with van der Waals surface area (Å²) < 4.78 is 0. The van der Waals surface area contributed by atoms with Gasteiger partial charge in [-0.05, 0) is 42.7 Å². The van der Waals surface area contributed by atoms with Crippen LogP contribution in [0, 0.1) is 0 Å². The summed E-state index contributed by atoms with van der Waals surface area (Å²) in [6.45, 7) is 1.13. The monoisotopic (exact) mass is 350 g/mol. The van der Waals surface area contributed by atoms with Crippen LogP contribution in [0.5, 0.6) is 0 Å². The standard InChI is InChI=1S/C18H19ClN2O.ClH/c19-15-7-4-6-14(12-15)17-10-5-11-21(17)18(22)13-20-16-8-2-1-3-9-16;/h1-4,6-9,12,17,20H,5,10-11,13H2;1H. The average molecular weight is 351 g/mol. The van der Waals surface area contributed by atoms with E-state index in [1.165, 1.54) is 0 Å². The molecule has 0 saturated carbocycles. The molecule has 1 atom stereocenters. The maximum Gasteiger partial charge on any atom is 0.242 e. The Morgan fingerprint density at radius 3 is 2.70 bits per heavy atom. The van der Waals surface area contributed by atoms with E-state index in [0.717, 1.165) is 35.7 Å². The molecule has 0 aliphatic carbocycles. The lowest BCUT2D eigenvalue weighted by molar-refractivity contribution is -0.130. The number of rotatable bonds is 4. The zero-order valence-corrected chi connectivity index (χ0v) is 14.3. The zero-order valence-electron chi connectivity index (χ0n) is 12.7. The van der Waals surface area contributed by atoms with Crippen LogP contribution in [-0.4, -0.2) is 23.9 Å². The normalized spacial score (nSPS) is 16.7. The van der Waals surface area contributed by atoms with Crippen molar-refractivity contribution in [3.05, 3.63) is 65.2 Å². The first-order valence-corrected chi connectivity index (χ1v) is 7.96. The van der Waals surface area contributed by atoms with E-state index in [0.29, 0.717) is 6.54 Å². The van der Waals surface area contributed by atoms with Crippen LogP contribution < -0.4 is 5.32 Å². The van der Waals surface area contributed by atoms with Crippen LogP contribution in [-0.2, 0) is 4.79 Å². The number of hydrogen-bond donors (Lipinski definition) is 1. The molecule has 5 heteroatoms. The number of likely N-dealkylation sites (tertiary alicyclic amines) is 1. The Labute approximate surface area is 148 Å². The van der Waals surface area contributed by atoms with Crippen molar-refractivity contribution in [2.75, 3.05) is 18.4 Å². The first-order valence-electron chi connectivity index (χ1n) is 7.58. The second kappa shape index (κ2) is 8.23. The SMILES string of the molecule is Cl.O=C(CNc1ccccc1)N1CCCC1c1cccc(Cl)c1. The third kappa shape index (κ3) is 4.40. The van der Waals surface area contributed by atoms with E-state index in [2.05, 4.69) is 5.32 Å². The van der Waals surface area contributed by atoms with Gasteiger partial charge in [-0.2, -0.15) is 0 Å². The summed E-state index contributed by atoms with van der Waals surface area (Å²) in [7, 11) is 0. The van der Waals surface area contributed by atoms with Crippen LogP contribution in [0.3, 0.4) is 0 Å². The number of para-hydroxylation sites is 1. The Morgan fingerprint density at radius 1 is 1.17 bits per heavy atom. The largest absolute Gasteiger partial charge is 0.376 e. The van der Waals surface area contributed by atoms with Crippen LogP contribution in [0.2, 0.25) is 5.02 Å². The van der Waals surface area contributed by atoms with Gasteiger partial charge in [0.15, 0.2) is 0 Å². The lowest BCUT2D eigenvalue weighted by atomic mass is 10.0. The van der Waals surface area contributed by atoms with Gasteiger partial charge in [0.05, 0.1) is 12.6 Å². The number of halogens is 2. The molecular formula is C18H20Cl2N2O. The molecule has 1 saturated heterocycles. The van der Waals surface area contributed by atoms with Gasteiger partial charge < -0.3 is 10.2 Å². The minimum absolute atomic E-state index is 0. The van der Waals surface area contributed by atoms with Crippen LogP contribution in [0.25, 0.3) is 0 Å². The van der Waals surface area contributed by atoms with E-state index in [-0.39, 0.29) is 24.4 Å². The maximum absolute atomic E-state index is 12.5. The molecule has 122 valence electrons. The van der Waals surface area contributed by atoms with Gasteiger partial charge in [0, 0.05) is 17.3 Å². The first-order chi connectivity index (χ1) is 10.7. The van der Waals surface area contributed by atoms with E-state index < -0.39 is 0 Å². The molecule has 2 aromatic rings. The summed E-state index contributed by atoms with van der Waals surface area (Å²) in [5.41, 5.74) is 2.09. The Morgan fingerprint density at radius 2 is 1.96 bits per heavy atom. The van der Waals surface area contributed by atoms with Gasteiger partial charge in [0.1, 0.15) is 0 Å². The fraction of sp³-hybridized carbons (Fsp3) is 0.278. The smallest absolute Gasteiger partial charge is 0.242 e. The van der Waals surface area contributed by atoms with Crippen molar-refractivity contribution in [3.63, 3.8) is 0 Å². The highest BCUT2D eigenvalue weighted by atomic mass is 35.5. The van der Waals surface area contributed by atoms with Crippen molar-refractivity contribution < 1.29 is 4.79 Å². The third-order valence-electron chi connectivity index (χ3n) is 4.02. The molecule has 1 fully saturated rings. The molecule has 1 unspecified atom stereocenters. The van der Waals surface area contributed by atoms with Crippen LogP contribution in [0.4, 0.5) is 5.69 Å². The van der Waals surface area contributed by atoms with Crippen LogP contribution in [0.15, 0.2) is 54.6 Å². The number of amides is 1. The molecule has 1 N–H and O–H groups in total. The number of nitrogens with zero attached hydrogens (tertiary/aromatic N) is 1. The van der Waals surface area contributed by atoms with Crippen molar-refractivity contribution in [1.82, 2.24) is 4.90 Å². The molecule has 0 spiro atoms. The number of anilines is 1. The summed E-state index contributed by atoms with van der Waals surface area (Å²) in [4.78, 5) is 14.5. The van der Waals surface area contributed by atoms with Crippen LogP contribution >= 0.6 is 24.0 Å². The number of carbonyl (C=O) groups is 1. The predicted octanol–water partition coefficient (Wildman–Crippen LogP) is 4.54. The molecule has 3 rings (SSSR count). The average Bonchev–Trinajstić information content (AvgIpc) is 3.03. The number of hydrogen-bond acceptors (Lipinski definition) is 2. The molecular weight excluding hydrogens is 331 g/mol. The lowest BCUT2D eigenvalue weighted by Crippen LogP contribution is -2.35. The zero-order chi connectivity index (χ0) is 15.4. The maximum atomic E-state index is 12.5. The van der Waals surface area contributed by atoms with Crippen molar-refractivity contribution in [2.24, 2.45) is 0 Å². The Hall–Kier alpha value is -1.71. The van der Waals surface area contributed by atoms with Crippen molar-refractivity contribution in [2.45, 2.75) is 18.9 Å². The molecule has 3 nitrogen and oxygen atoms in total. The Kier molecular flexibility index (Phi) is 6.31. The molecule has 2 aromatic carbocycles. The Balaban J connectivity index is 0.00000192. The van der Waals surface area contributed by atoms with Gasteiger partial charge in [0.25, 0.3) is 0 Å². The van der Waals surface area contributed by atoms with Crippen molar-refractivity contribution >= 4 is 35.6 Å². The highest BCUT2D eigenvalue weighted by Crippen LogP contribution is 2.32. The predicted molar refractivity (Wildman–Crippen MR) is 97.3 cm³/mol. The summed E-state index contributed by atoms with van der Waals surface area (Å²) in [6.07, 6.45) is 2.03. The first kappa shape index (κ1) is 17.6. The molecule has 1 aliphatic rings. The molecule has 0 radical (unpaired) electrons. The molecule has 23 heavy (non-hydrogen) atoms. The summed E-state index contributed by atoms with van der Waals surface area (Å²) in [6, 6.07) is 17.8. The number of carbonyl (C=O) groups excluding carboxylic acids is 1. The van der Waals surface area contributed by atoms with E-state index in [1.54, 1.807) is 0 Å². The van der Waals surface area contributed by atoms with Gasteiger partial charge in [-0.15, -0.1) is 12.4 Å². The minimum atomic E-state index is 0. The van der Waals surface area contributed by atoms with Crippen molar-refractivity contribution in [3.8, 4) is 0 Å². The molecule has 1 heterocycles. The van der Waals surface area contributed by atoms with E-state index in [4.69, 9.17) is 11.6 Å². The van der Waals surface area contributed by atoms with E-state index in [1.807, 2.05) is 59.5 Å². The van der Waals surface area contributed by atoms with Gasteiger partial charge in [-0.1, -0.05) is 41.9 Å². The summed E-state index contributed by atoms with van der Waals surface area (Å²) in [5.74, 6) is 0.131. The lowest BCUT2D eigenvalue weighted by Gasteiger charge is -2.25. The highest BCUT2D eigenvalue weighted by molar-refractivity contribution is 6.30. The fourth-order valence-corrected chi connectivity index (χ4v) is 3.16. The molecule has 0 aromatic heterocycles. The van der Waals surface area contributed by atoms with Gasteiger partial charge in [0.2, 0.25) is 5.91 Å². The minimum Gasteiger partial charge on any atom is -0.376 e. The number of benzene rings is 2. The quantitative estimate of drug-likeness (QED) is 0.877. The van der Waals surface area contributed by atoms with Crippen LogP contribution in [0.1, 0.15) is 24.4 Å². The molecule has 1 amide bonds. The molecule has 1 aliphatic heterocycles. The fourth-order valence-electron chi connectivity index (χ4n) is 2.96. The molecule has 0 bridgehead atoms. The second-order valence-electron chi connectivity index (χ2n) is 5.52. The summed E-state index contributed by atoms with van der Waals surface area (Å²) >= 11 is 6.08. The number of nitrogens with one attached hydrogen (secondary N) is 1. The second-order valence-corrected chi connectivity index (χ2v) is 5.96. The highest BCUT2D eigenvalue weighted by Gasteiger charge is 2.29. The van der Waals surface area contributed by atoms with Crippen molar-refractivity contribution in [1.29, 1.82) is 0 Å². The third-order valence-corrected chi connectivity index (χ3v) is 4.26. The Bertz CT molecular complexity index is 648. The van der Waals surface area contributed by atoms with E-state index in [9.17, 15) is 4.79 Å². The van der Waals surface area contributed by atoms with Gasteiger partial charge in [-0.3, -0.25) is 4.79 Å². The topological polar surface area (TPSA) is 32.3 Å². The van der Waals surface area contributed by atoms with E-state index >= 15 is 0 Å². The summed E-state index contributed by atoms with van der Waals surface area (Å²) in [5, 5.41) is 3.91.